The van der Waals surface area contributed by atoms with Gasteiger partial charge in [0.2, 0.25) is 0 Å². The monoisotopic (exact) mass is 420 g/mol. The second kappa shape index (κ2) is 10.4. The first-order valence-corrected chi connectivity index (χ1v) is 11.4. The van der Waals surface area contributed by atoms with Crippen LogP contribution in [0, 0.1) is 0 Å². The van der Waals surface area contributed by atoms with E-state index < -0.39 is 0 Å². The normalized spacial score (nSPS) is 14.6. The van der Waals surface area contributed by atoms with Gasteiger partial charge in [0, 0.05) is 50.2 Å². The second-order valence-electron chi connectivity index (χ2n) is 7.59. The van der Waals surface area contributed by atoms with Crippen LogP contribution >= 0.6 is 11.3 Å². The number of nitrogens with one attached hydrogen (secondary N) is 1. The van der Waals surface area contributed by atoms with Crippen LogP contribution in [-0.4, -0.2) is 53.5 Å². The number of carbonyl (C=O) groups excluding carboxylic acids is 1. The first kappa shape index (κ1) is 20.6. The molecule has 156 valence electrons. The van der Waals surface area contributed by atoms with Crippen LogP contribution in [0.1, 0.15) is 17.7 Å². The SMILES string of the molecule is O=C(NCCCc1ccccc1)N1CCN(Cc2csc(-c3ccccc3)n2)CC1. The molecule has 2 amide bonds. The van der Waals surface area contributed by atoms with Gasteiger partial charge in [0.05, 0.1) is 5.69 Å². The van der Waals surface area contributed by atoms with Crippen LogP contribution in [0.2, 0.25) is 0 Å². The molecule has 2 aromatic carbocycles. The van der Waals surface area contributed by atoms with Gasteiger partial charge in [0.15, 0.2) is 0 Å². The number of hydrogen-bond acceptors (Lipinski definition) is 4. The second-order valence-corrected chi connectivity index (χ2v) is 8.45. The average Bonchev–Trinajstić information content (AvgIpc) is 3.27. The third-order valence-electron chi connectivity index (χ3n) is 5.38. The molecule has 0 aliphatic carbocycles. The minimum absolute atomic E-state index is 0.0581. The number of thiazole rings is 1. The van der Waals surface area contributed by atoms with Gasteiger partial charge in [-0.3, -0.25) is 4.90 Å². The molecule has 1 N–H and O–H groups in total. The minimum Gasteiger partial charge on any atom is -0.338 e. The summed E-state index contributed by atoms with van der Waals surface area (Å²) < 4.78 is 0. The quantitative estimate of drug-likeness (QED) is 0.581. The molecule has 1 saturated heterocycles. The Morgan fingerprint density at radius 3 is 2.40 bits per heavy atom. The molecule has 1 aliphatic heterocycles. The van der Waals surface area contributed by atoms with Crippen molar-refractivity contribution >= 4 is 17.4 Å². The Bertz CT molecular complexity index is 921. The molecule has 0 bridgehead atoms. The van der Waals surface area contributed by atoms with Gasteiger partial charge < -0.3 is 10.2 Å². The number of urea groups is 1. The fourth-order valence-corrected chi connectivity index (χ4v) is 4.49. The van der Waals surface area contributed by atoms with Gasteiger partial charge in [-0.25, -0.2) is 9.78 Å². The molecule has 2 heterocycles. The number of nitrogens with zero attached hydrogens (tertiary/aromatic N) is 3. The zero-order valence-electron chi connectivity index (χ0n) is 17.2. The molecule has 1 aromatic heterocycles. The lowest BCUT2D eigenvalue weighted by Crippen LogP contribution is -2.51. The Morgan fingerprint density at radius 2 is 1.67 bits per heavy atom. The molecule has 6 heteroatoms. The highest BCUT2D eigenvalue weighted by Crippen LogP contribution is 2.24. The molecule has 4 rings (SSSR count). The van der Waals surface area contributed by atoms with E-state index in [0.29, 0.717) is 0 Å². The summed E-state index contributed by atoms with van der Waals surface area (Å²) in [5, 5.41) is 6.28. The third kappa shape index (κ3) is 5.68. The van der Waals surface area contributed by atoms with Crippen LogP contribution in [-0.2, 0) is 13.0 Å². The number of carbonyl (C=O) groups is 1. The van der Waals surface area contributed by atoms with E-state index in [4.69, 9.17) is 4.98 Å². The molecule has 5 nitrogen and oxygen atoms in total. The van der Waals surface area contributed by atoms with Gasteiger partial charge in [0.1, 0.15) is 5.01 Å². The van der Waals surface area contributed by atoms with E-state index in [2.05, 4.69) is 52.0 Å². The highest BCUT2D eigenvalue weighted by molar-refractivity contribution is 7.13. The van der Waals surface area contributed by atoms with E-state index in [1.807, 2.05) is 29.2 Å². The van der Waals surface area contributed by atoms with E-state index in [1.165, 1.54) is 11.1 Å². The van der Waals surface area contributed by atoms with Crippen LogP contribution in [0.15, 0.2) is 66.0 Å². The number of piperazine rings is 1. The number of benzene rings is 2. The number of aromatic nitrogens is 1. The molecular weight excluding hydrogens is 392 g/mol. The molecule has 30 heavy (non-hydrogen) atoms. The lowest BCUT2D eigenvalue weighted by molar-refractivity contribution is 0.134. The summed E-state index contributed by atoms with van der Waals surface area (Å²) in [6.07, 6.45) is 1.96. The lowest BCUT2D eigenvalue weighted by atomic mass is 10.1. The van der Waals surface area contributed by atoms with Gasteiger partial charge in [-0.2, -0.15) is 0 Å². The van der Waals surface area contributed by atoms with Crippen LogP contribution in [0.5, 0.6) is 0 Å². The largest absolute Gasteiger partial charge is 0.338 e. The predicted octanol–water partition coefficient (Wildman–Crippen LogP) is 4.27. The molecule has 1 fully saturated rings. The van der Waals surface area contributed by atoms with Gasteiger partial charge in [0.25, 0.3) is 0 Å². The van der Waals surface area contributed by atoms with Crippen molar-refractivity contribution < 1.29 is 4.79 Å². The fourth-order valence-electron chi connectivity index (χ4n) is 3.68. The highest BCUT2D eigenvalue weighted by Gasteiger charge is 2.21. The number of rotatable bonds is 7. The fraction of sp³-hybridized carbons (Fsp3) is 0.333. The Hall–Kier alpha value is -2.70. The summed E-state index contributed by atoms with van der Waals surface area (Å²) in [4.78, 5) is 21.5. The topological polar surface area (TPSA) is 48.5 Å². The summed E-state index contributed by atoms with van der Waals surface area (Å²) in [5.41, 5.74) is 3.60. The first-order valence-electron chi connectivity index (χ1n) is 10.6. The van der Waals surface area contributed by atoms with Crippen LogP contribution in [0.3, 0.4) is 0 Å². The summed E-state index contributed by atoms with van der Waals surface area (Å²) in [6, 6.07) is 20.8. The van der Waals surface area contributed by atoms with Crippen molar-refractivity contribution in [3.63, 3.8) is 0 Å². The maximum absolute atomic E-state index is 12.4. The standard InChI is InChI=1S/C24H28N4OS/c29-24(25-13-7-10-20-8-3-1-4-9-20)28-16-14-27(15-17-28)18-22-19-30-23(26-22)21-11-5-2-6-12-21/h1-6,8-9,11-12,19H,7,10,13-18H2,(H,25,29). The Balaban J connectivity index is 1.17. The molecule has 0 radical (unpaired) electrons. The molecular formula is C24H28N4OS. The van der Waals surface area contributed by atoms with E-state index in [1.54, 1.807) is 11.3 Å². The van der Waals surface area contributed by atoms with Crippen molar-refractivity contribution in [2.45, 2.75) is 19.4 Å². The maximum Gasteiger partial charge on any atom is 0.317 e. The summed E-state index contributed by atoms with van der Waals surface area (Å²) >= 11 is 1.69. The number of hydrogen-bond donors (Lipinski definition) is 1. The molecule has 0 spiro atoms. The van der Waals surface area contributed by atoms with Crippen molar-refractivity contribution in [2.24, 2.45) is 0 Å². The summed E-state index contributed by atoms with van der Waals surface area (Å²) in [5.74, 6) is 0. The van der Waals surface area contributed by atoms with E-state index >= 15 is 0 Å². The minimum atomic E-state index is 0.0581. The third-order valence-corrected chi connectivity index (χ3v) is 6.32. The van der Waals surface area contributed by atoms with Gasteiger partial charge in [-0.05, 0) is 18.4 Å². The van der Waals surface area contributed by atoms with Crippen LogP contribution in [0.25, 0.3) is 10.6 Å². The average molecular weight is 421 g/mol. The van der Waals surface area contributed by atoms with Crippen molar-refractivity contribution in [2.75, 3.05) is 32.7 Å². The van der Waals surface area contributed by atoms with E-state index in [-0.39, 0.29) is 6.03 Å². The maximum atomic E-state index is 12.4. The zero-order valence-corrected chi connectivity index (χ0v) is 18.0. The Labute approximate surface area is 182 Å². The van der Waals surface area contributed by atoms with Crippen molar-refractivity contribution in [3.05, 3.63) is 77.3 Å². The van der Waals surface area contributed by atoms with Crippen LogP contribution < -0.4 is 5.32 Å². The predicted molar refractivity (Wildman–Crippen MR) is 123 cm³/mol. The van der Waals surface area contributed by atoms with Crippen LogP contribution in [0.4, 0.5) is 4.79 Å². The molecule has 0 unspecified atom stereocenters. The lowest BCUT2D eigenvalue weighted by Gasteiger charge is -2.34. The molecule has 3 aromatic rings. The Morgan fingerprint density at radius 1 is 0.967 bits per heavy atom. The summed E-state index contributed by atoms with van der Waals surface area (Å²) in [6.45, 7) is 4.86. The first-order chi connectivity index (χ1) is 14.8. The van der Waals surface area contributed by atoms with Gasteiger partial charge in [-0.15, -0.1) is 11.3 Å². The summed E-state index contributed by atoms with van der Waals surface area (Å²) in [7, 11) is 0. The molecule has 0 saturated carbocycles. The van der Waals surface area contributed by atoms with Crippen molar-refractivity contribution in [1.82, 2.24) is 20.1 Å². The van der Waals surface area contributed by atoms with Crippen molar-refractivity contribution in [1.29, 1.82) is 0 Å². The Kier molecular flexibility index (Phi) is 7.11. The van der Waals surface area contributed by atoms with E-state index in [9.17, 15) is 4.79 Å². The number of aryl methyl sites for hydroxylation is 1. The number of amides is 2. The molecule has 0 atom stereocenters. The van der Waals surface area contributed by atoms with Crippen molar-refractivity contribution in [3.8, 4) is 10.6 Å². The van der Waals surface area contributed by atoms with Gasteiger partial charge >= 0.3 is 6.03 Å². The zero-order chi connectivity index (χ0) is 20.6. The van der Waals surface area contributed by atoms with Gasteiger partial charge in [-0.1, -0.05) is 60.7 Å². The van der Waals surface area contributed by atoms with E-state index in [0.717, 1.165) is 62.8 Å². The molecule has 1 aliphatic rings. The highest BCUT2D eigenvalue weighted by atomic mass is 32.1. The smallest absolute Gasteiger partial charge is 0.317 e.